The highest BCUT2D eigenvalue weighted by molar-refractivity contribution is 14.0. The summed E-state index contributed by atoms with van der Waals surface area (Å²) in [6.45, 7) is 4.12. The third-order valence-electron chi connectivity index (χ3n) is 3.90. The van der Waals surface area contributed by atoms with Gasteiger partial charge in [-0.2, -0.15) is 0 Å². The molecule has 1 heterocycles. The number of aliphatic imine (C=N–C) groups is 1. The lowest BCUT2D eigenvalue weighted by Crippen LogP contribution is -2.41. The van der Waals surface area contributed by atoms with E-state index in [1.807, 2.05) is 25.1 Å². The van der Waals surface area contributed by atoms with E-state index in [9.17, 15) is 0 Å². The van der Waals surface area contributed by atoms with Crippen LogP contribution < -0.4 is 15.4 Å². The quantitative estimate of drug-likeness (QED) is 0.338. The average Bonchev–Trinajstić information content (AvgIpc) is 3.13. The largest absolute Gasteiger partial charge is 0.494 e. The van der Waals surface area contributed by atoms with Crippen LogP contribution in [0.4, 0.5) is 0 Å². The van der Waals surface area contributed by atoms with Gasteiger partial charge in [0.1, 0.15) is 5.75 Å². The SMILES string of the molecule is CCOc1ccccc1CNC(=NC)NCC(c1cccs1)N(C)C.I. The molecule has 0 aliphatic carbocycles. The highest BCUT2D eigenvalue weighted by Crippen LogP contribution is 2.22. The van der Waals surface area contributed by atoms with Crippen LogP contribution in [0.5, 0.6) is 5.75 Å². The number of para-hydroxylation sites is 1. The minimum atomic E-state index is 0. The Bertz CT molecular complexity index is 661. The zero-order valence-corrected chi connectivity index (χ0v) is 19.0. The number of ether oxygens (including phenoxy) is 1. The van der Waals surface area contributed by atoms with Gasteiger partial charge < -0.3 is 20.3 Å². The van der Waals surface area contributed by atoms with Crippen LogP contribution in [0, 0.1) is 0 Å². The number of hydrogen-bond donors (Lipinski definition) is 2. The molecule has 0 aliphatic heterocycles. The van der Waals surface area contributed by atoms with Crippen LogP contribution in [0.2, 0.25) is 0 Å². The fourth-order valence-electron chi connectivity index (χ4n) is 2.56. The molecule has 1 aromatic carbocycles. The summed E-state index contributed by atoms with van der Waals surface area (Å²) in [5.41, 5.74) is 1.12. The number of nitrogens with one attached hydrogen (secondary N) is 2. The molecule has 5 nitrogen and oxygen atoms in total. The molecule has 0 fully saturated rings. The molecule has 0 spiro atoms. The predicted octanol–water partition coefficient (Wildman–Crippen LogP) is 3.73. The van der Waals surface area contributed by atoms with Crippen molar-refractivity contribution >= 4 is 41.3 Å². The highest BCUT2D eigenvalue weighted by atomic mass is 127. The van der Waals surface area contributed by atoms with Crippen molar-refractivity contribution in [1.82, 2.24) is 15.5 Å². The van der Waals surface area contributed by atoms with Crippen LogP contribution in [-0.4, -0.2) is 45.2 Å². The first-order valence-corrected chi connectivity index (χ1v) is 9.38. The fraction of sp³-hybridized carbons (Fsp3) is 0.421. The van der Waals surface area contributed by atoms with Crippen LogP contribution in [-0.2, 0) is 6.54 Å². The van der Waals surface area contributed by atoms with Crippen molar-refractivity contribution in [1.29, 1.82) is 0 Å². The second kappa shape index (κ2) is 12.1. The molecule has 1 atom stereocenters. The average molecular weight is 488 g/mol. The third-order valence-corrected chi connectivity index (χ3v) is 4.87. The van der Waals surface area contributed by atoms with Crippen molar-refractivity contribution in [3.63, 3.8) is 0 Å². The molecular formula is C19H29IN4OS. The number of nitrogens with zero attached hydrogens (tertiary/aromatic N) is 2. The predicted molar refractivity (Wildman–Crippen MR) is 122 cm³/mol. The number of benzene rings is 1. The maximum atomic E-state index is 5.68. The van der Waals surface area contributed by atoms with Gasteiger partial charge in [-0.3, -0.25) is 4.99 Å². The van der Waals surface area contributed by atoms with Gasteiger partial charge in [0.25, 0.3) is 0 Å². The van der Waals surface area contributed by atoms with E-state index in [1.165, 1.54) is 4.88 Å². The Hall–Kier alpha value is -1.32. The first-order valence-electron chi connectivity index (χ1n) is 8.50. The van der Waals surface area contributed by atoms with Gasteiger partial charge in [0.05, 0.1) is 12.6 Å². The van der Waals surface area contributed by atoms with E-state index in [0.717, 1.165) is 23.8 Å². The highest BCUT2D eigenvalue weighted by Gasteiger charge is 2.15. The van der Waals surface area contributed by atoms with Gasteiger partial charge >= 0.3 is 0 Å². The Kier molecular flexibility index (Phi) is 10.6. The second-order valence-electron chi connectivity index (χ2n) is 5.84. The van der Waals surface area contributed by atoms with Gasteiger partial charge in [0.15, 0.2) is 5.96 Å². The first kappa shape index (κ1) is 22.7. The topological polar surface area (TPSA) is 48.9 Å². The molecule has 2 aromatic rings. The van der Waals surface area contributed by atoms with Gasteiger partial charge in [-0.05, 0) is 38.5 Å². The molecule has 0 amide bonds. The Morgan fingerprint density at radius 3 is 2.58 bits per heavy atom. The Labute approximate surface area is 177 Å². The summed E-state index contributed by atoms with van der Waals surface area (Å²) in [5, 5.41) is 8.91. The minimum Gasteiger partial charge on any atom is -0.494 e. The lowest BCUT2D eigenvalue weighted by molar-refractivity contribution is 0.302. The summed E-state index contributed by atoms with van der Waals surface area (Å²) in [4.78, 5) is 7.89. The first-order chi connectivity index (χ1) is 12.2. The molecule has 0 aliphatic rings. The van der Waals surface area contributed by atoms with Crippen molar-refractivity contribution < 1.29 is 4.74 Å². The summed E-state index contributed by atoms with van der Waals surface area (Å²) < 4.78 is 5.68. The van der Waals surface area contributed by atoms with Crippen LogP contribution in [0.3, 0.4) is 0 Å². The van der Waals surface area contributed by atoms with E-state index in [4.69, 9.17) is 4.74 Å². The monoisotopic (exact) mass is 488 g/mol. The molecule has 0 saturated heterocycles. The van der Waals surface area contributed by atoms with E-state index < -0.39 is 0 Å². The van der Waals surface area contributed by atoms with Gasteiger partial charge in [-0.15, -0.1) is 35.3 Å². The molecule has 0 bridgehead atoms. The molecule has 2 N–H and O–H groups in total. The van der Waals surface area contributed by atoms with E-state index in [-0.39, 0.29) is 24.0 Å². The third kappa shape index (κ3) is 6.77. The van der Waals surface area contributed by atoms with E-state index in [2.05, 4.69) is 58.2 Å². The van der Waals surface area contributed by atoms with Crippen LogP contribution >= 0.6 is 35.3 Å². The van der Waals surface area contributed by atoms with E-state index in [1.54, 1.807) is 18.4 Å². The molecule has 7 heteroatoms. The molecule has 0 saturated carbocycles. The zero-order valence-electron chi connectivity index (χ0n) is 15.9. The number of likely N-dealkylation sites (N-methyl/N-ethyl adjacent to an activating group) is 1. The van der Waals surface area contributed by atoms with Gasteiger partial charge in [0, 0.05) is 30.6 Å². The van der Waals surface area contributed by atoms with E-state index >= 15 is 0 Å². The number of halogens is 1. The van der Waals surface area contributed by atoms with Gasteiger partial charge in [-0.1, -0.05) is 24.3 Å². The van der Waals surface area contributed by atoms with Gasteiger partial charge in [-0.25, -0.2) is 0 Å². The summed E-state index contributed by atoms with van der Waals surface area (Å²) in [7, 11) is 5.99. The Morgan fingerprint density at radius 2 is 1.96 bits per heavy atom. The molecule has 2 rings (SSSR count). The van der Waals surface area contributed by atoms with Crippen molar-refractivity contribution in [2.75, 3.05) is 34.3 Å². The summed E-state index contributed by atoms with van der Waals surface area (Å²) in [6.07, 6.45) is 0. The Balaban J connectivity index is 0.00000338. The van der Waals surface area contributed by atoms with Crippen molar-refractivity contribution in [3.8, 4) is 5.75 Å². The zero-order chi connectivity index (χ0) is 18.1. The van der Waals surface area contributed by atoms with Crippen molar-refractivity contribution in [2.45, 2.75) is 19.5 Å². The minimum absolute atomic E-state index is 0. The molecule has 1 unspecified atom stereocenters. The summed E-state index contributed by atoms with van der Waals surface area (Å²) in [5.74, 6) is 1.70. The number of guanidine groups is 1. The van der Waals surface area contributed by atoms with Crippen molar-refractivity contribution in [2.24, 2.45) is 4.99 Å². The maximum absolute atomic E-state index is 5.68. The summed E-state index contributed by atoms with van der Waals surface area (Å²) in [6, 6.07) is 12.7. The second-order valence-corrected chi connectivity index (χ2v) is 6.82. The smallest absolute Gasteiger partial charge is 0.191 e. The molecule has 0 radical (unpaired) electrons. The molecule has 144 valence electrons. The Morgan fingerprint density at radius 1 is 1.19 bits per heavy atom. The number of hydrogen-bond acceptors (Lipinski definition) is 4. The van der Waals surface area contributed by atoms with Crippen molar-refractivity contribution in [3.05, 3.63) is 52.2 Å². The fourth-order valence-corrected chi connectivity index (χ4v) is 3.48. The number of thiophene rings is 1. The lowest BCUT2D eigenvalue weighted by atomic mass is 10.2. The maximum Gasteiger partial charge on any atom is 0.191 e. The molecule has 1 aromatic heterocycles. The standard InChI is InChI=1S/C19H28N4OS.HI/c1-5-24-17-10-7-6-9-15(17)13-21-19(20-2)22-14-16(23(3)4)18-11-8-12-25-18;/h6-12,16H,5,13-14H2,1-4H3,(H2,20,21,22);1H. The van der Waals surface area contributed by atoms with Crippen LogP contribution in [0.15, 0.2) is 46.8 Å². The van der Waals surface area contributed by atoms with Gasteiger partial charge in [0.2, 0.25) is 0 Å². The molecular weight excluding hydrogens is 459 g/mol. The summed E-state index contributed by atoms with van der Waals surface area (Å²) >= 11 is 1.78. The number of rotatable bonds is 8. The molecule has 26 heavy (non-hydrogen) atoms. The normalized spacial score (nSPS) is 12.4. The van der Waals surface area contributed by atoms with Crippen LogP contribution in [0.1, 0.15) is 23.4 Å². The van der Waals surface area contributed by atoms with E-state index in [0.29, 0.717) is 19.2 Å². The van der Waals surface area contributed by atoms with Crippen LogP contribution in [0.25, 0.3) is 0 Å². The lowest BCUT2D eigenvalue weighted by Gasteiger charge is -2.24.